The van der Waals surface area contributed by atoms with Gasteiger partial charge in [0.1, 0.15) is 10.6 Å². The van der Waals surface area contributed by atoms with Gasteiger partial charge >= 0.3 is 5.30 Å². The summed E-state index contributed by atoms with van der Waals surface area (Å²) in [6.07, 6.45) is 0. The van der Waals surface area contributed by atoms with Gasteiger partial charge in [-0.3, -0.25) is 0 Å². The topological polar surface area (TPSA) is 69.7 Å². The van der Waals surface area contributed by atoms with Gasteiger partial charge in [-0.1, -0.05) is 0 Å². The molecule has 1 aromatic rings. The molecule has 6 heteroatoms. The SMILES string of the molecule is COC(=O)S(=O)(=O)c1cc(C)c(C)cc1OC. The van der Waals surface area contributed by atoms with E-state index in [9.17, 15) is 13.2 Å². The molecule has 0 aromatic heterocycles. The Morgan fingerprint density at radius 2 is 1.65 bits per heavy atom. The molecule has 1 aromatic carbocycles. The third-order valence-corrected chi connectivity index (χ3v) is 3.96. The molecule has 0 fully saturated rings. The van der Waals surface area contributed by atoms with E-state index < -0.39 is 15.1 Å². The Labute approximate surface area is 100 Å². The highest BCUT2D eigenvalue weighted by Crippen LogP contribution is 2.28. The molecule has 0 saturated heterocycles. The standard InChI is InChI=1S/C11H14O5S/c1-7-5-9(15-3)10(6-8(7)2)17(13,14)11(12)16-4/h5-6H,1-4H3. The molecular weight excluding hydrogens is 244 g/mol. The number of benzene rings is 1. The molecule has 17 heavy (non-hydrogen) atoms. The average Bonchev–Trinajstić information content (AvgIpc) is 2.30. The first-order valence-electron chi connectivity index (χ1n) is 4.83. The minimum atomic E-state index is -4.16. The van der Waals surface area contributed by atoms with Crippen LogP contribution in [0.25, 0.3) is 0 Å². The highest BCUT2D eigenvalue weighted by molar-refractivity contribution is 8.05. The summed E-state index contributed by atoms with van der Waals surface area (Å²) in [5, 5.41) is -1.29. The summed E-state index contributed by atoms with van der Waals surface area (Å²) in [4.78, 5) is 11.1. The number of sulfone groups is 1. The maximum absolute atomic E-state index is 11.9. The smallest absolute Gasteiger partial charge is 0.429 e. The summed E-state index contributed by atoms with van der Waals surface area (Å²) in [6, 6.07) is 2.98. The van der Waals surface area contributed by atoms with Crippen molar-refractivity contribution in [2.24, 2.45) is 0 Å². The van der Waals surface area contributed by atoms with Crippen LogP contribution in [0.5, 0.6) is 5.75 Å². The van der Waals surface area contributed by atoms with Gasteiger partial charge in [-0.25, -0.2) is 13.2 Å². The number of hydrogen-bond acceptors (Lipinski definition) is 5. The van der Waals surface area contributed by atoms with Gasteiger partial charge < -0.3 is 9.47 Å². The molecule has 0 unspecified atom stereocenters. The summed E-state index contributed by atoms with van der Waals surface area (Å²) >= 11 is 0. The fraction of sp³-hybridized carbons (Fsp3) is 0.364. The van der Waals surface area contributed by atoms with Crippen LogP contribution in [0.1, 0.15) is 11.1 Å². The molecule has 0 amide bonds. The van der Waals surface area contributed by atoms with Crippen molar-refractivity contribution in [3.05, 3.63) is 23.3 Å². The maximum atomic E-state index is 11.9. The molecule has 0 aliphatic heterocycles. The molecule has 0 radical (unpaired) electrons. The van der Waals surface area contributed by atoms with Gasteiger partial charge in [0, 0.05) is 0 Å². The highest BCUT2D eigenvalue weighted by atomic mass is 32.2. The van der Waals surface area contributed by atoms with E-state index in [2.05, 4.69) is 4.74 Å². The number of methoxy groups -OCH3 is 2. The maximum Gasteiger partial charge on any atom is 0.429 e. The van der Waals surface area contributed by atoms with Crippen molar-refractivity contribution in [3.63, 3.8) is 0 Å². The summed E-state index contributed by atoms with van der Waals surface area (Å²) in [7, 11) is -1.79. The van der Waals surface area contributed by atoms with E-state index in [1.54, 1.807) is 13.0 Å². The van der Waals surface area contributed by atoms with Crippen LogP contribution >= 0.6 is 0 Å². The second-order valence-corrected chi connectivity index (χ2v) is 5.32. The normalized spacial score (nSPS) is 11.1. The lowest BCUT2D eigenvalue weighted by Crippen LogP contribution is -2.16. The summed E-state index contributed by atoms with van der Waals surface area (Å²) in [5.74, 6) is 0.138. The van der Waals surface area contributed by atoms with E-state index in [0.29, 0.717) is 0 Å². The van der Waals surface area contributed by atoms with Gasteiger partial charge in [-0.2, -0.15) is 0 Å². The quantitative estimate of drug-likeness (QED) is 0.757. The Morgan fingerprint density at radius 3 is 2.12 bits per heavy atom. The molecule has 0 saturated carbocycles. The van der Waals surface area contributed by atoms with Crippen molar-refractivity contribution >= 4 is 15.1 Å². The van der Waals surface area contributed by atoms with Gasteiger partial charge in [0.2, 0.25) is 0 Å². The number of hydrogen-bond donors (Lipinski definition) is 0. The first-order chi connectivity index (χ1) is 7.84. The summed E-state index contributed by atoms with van der Waals surface area (Å²) < 4.78 is 32.9. The Balaban J connectivity index is 3.51. The lowest BCUT2D eigenvalue weighted by Gasteiger charge is -2.10. The van der Waals surface area contributed by atoms with E-state index in [0.717, 1.165) is 18.2 Å². The molecule has 5 nitrogen and oxygen atoms in total. The van der Waals surface area contributed by atoms with E-state index in [-0.39, 0.29) is 10.6 Å². The summed E-state index contributed by atoms with van der Waals surface area (Å²) in [6.45, 7) is 3.58. The Hall–Kier alpha value is -1.56. The van der Waals surface area contributed by atoms with Crippen LogP contribution in [0.4, 0.5) is 4.79 Å². The van der Waals surface area contributed by atoms with Crippen molar-refractivity contribution in [2.75, 3.05) is 14.2 Å². The van der Waals surface area contributed by atoms with Crippen molar-refractivity contribution in [1.29, 1.82) is 0 Å². The van der Waals surface area contributed by atoms with Gasteiger partial charge in [-0.05, 0) is 37.1 Å². The first kappa shape index (κ1) is 13.5. The lowest BCUT2D eigenvalue weighted by atomic mass is 10.1. The van der Waals surface area contributed by atoms with Gasteiger partial charge in [0.15, 0.2) is 0 Å². The van der Waals surface area contributed by atoms with Crippen LogP contribution < -0.4 is 4.74 Å². The van der Waals surface area contributed by atoms with Crippen molar-refractivity contribution < 1.29 is 22.7 Å². The zero-order chi connectivity index (χ0) is 13.2. The van der Waals surface area contributed by atoms with E-state index in [4.69, 9.17) is 4.74 Å². The predicted octanol–water partition coefficient (Wildman–Crippen LogP) is 1.85. The van der Waals surface area contributed by atoms with Crippen LogP contribution in [0.2, 0.25) is 0 Å². The second-order valence-electron chi connectivity index (χ2n) is 3.54. The summed E-state index contributed by atoms with van der Waals surface area (Å²) in [5.41, 5.74) is 1.64. The molecule has 94 valence electrons. The molecule has 0 aliphatic carbocycles. The molecule has 0 spiro atoms. The minimum Gasteiger partial charge on any atom is -0.495 e. The third kappa shape index (κ3) is 2.41. The van der Waals surface area contributed by atoms with Crippen molar-refractivity contribution in [2.45, 2.75) is 18.7 Å². The minimum absolute atomic E-state index is 0.138. The van der Waals surface area contributed by atoms with E-state index in [1.807, 2.05) is 6.92 Å². The van der Waals surface area contributed by atoms with Crippen LogP contribution in [-0.2, 0) is 14.6 Å². The average molecular weight is 258 g/mol. The van der Waals surface area contributed by atoms with Gasteiger partial charge in [0.05, 0.1) is 14.2 Å². The van der Waals surface area contributed by atoms with Crippen molar-refractivity contribution in [1.82, 2.24) is 0 Å². The molecule has 1 rings (SSSR count). The molecular formula is C11H14O5S. The van der Waals surface area contributed by atoms with E-state index in [1.165, 1.54) is 13.2 Å². The highest BCUT2D eigenvalue weighted by Gasteiger charge is 2.29. The fourth-order valence-electron chi connectivity index (χ4n) is 1.33. The van der Waals surface area contributed by atoms with E-state index >= 15 is 0 Å². The number of carbonyl (C=O) groups is 1. The first-order valence-corrected chi connectivity index (χ1v) is 6.31. The van der Waals surface area contributed by atoms with Crippen LogP contribution in [-0.4, -0.2) is 27.9 Å². The molecule has 0 heterocycles. The Morgan fingerprint density at radius 1 is 1.12 bits per heavy atom. The Kier molecular flexibility index (Phi) is 3.77. The molecule has 0 atom stereocenters. The van der Waals surface area contributed by atoms with Crippen LogP contribution in [0, 0.1) is 13.8 Å². The van der Waals surface area contributed by atoms with Crippen LogP contribution in [0.15, 0.2) is 17.0 Å². The zero-order valence-electron chi connectivity index (χ0n) is 10.1. The number of rotatable bonds is 2. The number of aryl methyl sites for hydroxylation is 2. The zero-order valence-corrected chi connectivity index (χ0v) is 10.9. The largest absolute Gasteiger partial charge is 0.495 e. The number of ether oxygens (including phenoxy) is 2. The molecule has 0 aliphatic rings. The molecule has 0 N–H and O–H groups in total. The molecule has 0 bridgehead atoms. The van der Waals surface area contributed by atoms with Gasteiger partial charge in [0.25, 0.3) is 9.84 Å². The van der Waals surface area contributed by atoms with Crippen molar-refractivity contribution in [3.8, 4) is 5.75 Å². The Bertz CT molecular complexity index is 545. The predicted molar refractivity (Wildman–Crippen MR) is 62.1 cm³/mol. The fourth-order valence-corrected chi connectivity index (χ4v) is 2.47. The van der Waals surface area contributed by atoms with Crippen LogP contribution in [0.3, 0.4) is 0 Å². The lowest BCUT2D eigenvalue weighted by molar-refractivity contribution is 0.197. The number of carbonyl (C=O) groups excluding carboxylic acids is 1. The third-order valence-electron chi connectivity index (χ3n) is 2.46. The van der Waals surface area contributed by atoms with Gasteiger partial charge in [-0.15, -0.1) is 0 Å². The monoisotopic (exact) mass is 258 g/mol. The second kappa shape index (κ2) is 4.75.